The van der Waals surface area contributed by atoms with E-state index in [0.717, 1.165) is 50.3 Å². The molecule has 5 heteroatoms. The molecule has 28 heavy (non-hydrogen) atoms. The normalized spacial score (nSPS) is 16.8. The Morgan fingerprint density at radius 2 is 1.82 bits per heavy atom. The lowest BCUT2D eigenvalue weighted by Crippen LogP contribution is -2.38. The van der Waals surface area contributed by atoms with Crippen molar-refractivity contribution in [2.45, 2.75) is 84.5 Å². The number of hydrogen-bond donors (Lipinski definition) is 1. The number of hydrogen-bond acceptors (Lipinski definition) is 3. The van der Waals surface area contributed by atoms with E-state index >= 15 is 0 Å². The number of nitrogens with one attached hydrogen (secondary N) is 1. The molecule has 2 rings (SSSR count). The number of halogens is 1. The van der Waals surface area contributed by atoms with Crippen LogP contribution in [0.1, 0.15) is 79.6 Å². The Bertz CT molecular complexity index is 703. The summed E-state index contributed by atoms with van der Waals surface area (Å²) in [5.41, 5.74) is -0.365. The van der Waals surface area contributed by atoms with Crippen molar-refractivity contribution in [1.29, 1.82) is 0 Å². The first-order valence-corrected chi connectivity index (χ1v) is 11.2. The molecule has 1 N–H and O–H groups in total. The van der Waals surface area contributed by atoms with E-state index in [9.17, 15) is 14.0 Å². The molecule has 0 saturated heterocycles. The molecule has 3 nitrogen and oxygen atoms in total. The van der Waals surface area contributed by atoms with Crippen molar-refractivity contribution in [3.63, 3.8) is 0 Å². The summed E-state index contributed by atoms with van der Waals surface area (Å²) < 4.78 is 13.8. The van der Waals surface area contributed by atoms with E-state index in [1.807, 2.05) is 20.8 Å². The molecule has 0 atom stereocenters. The molecule has 0 aromatic heterocycles. The number of amides is 1. The molecule has 1 aromatic rings. The number of carbonyl (C=O) groups excluding carboxylic acids is 2. The maximum atomic E-state index is 13.8. The number of carbonyl (C=O) groups is 2. The van der Waals surface area contributed by atoms with E-state index in [-0.39, 0.29) is 16.4 Å². The first kappa shape index (κ1) is 22.9. The molecule has 0 aliphatic heterocycles. The molecule has 1 fully saturated rings. The van der Waals surface area contributed by atoms with E-state index in [1.54, 1.807) is 6.07 Å². The summed E-state index contributed by atoms with van der Waals surface area (Å²) in [7, 11) is 0. The summed E-state index contributed by atoms with van der Waals surface area (Å²) in [5, 5.41) is 3.00. The first-order chi connectivity index (χ1) is 13.0. The van der Waals surface area contributed by atoms with Crippen LogP contribution in [0.4, 0.5) is 10.1 Å². The van der Waals surface area contributed by atoms with Crippen LogP contribution < -0.4 is 5.32 Å². The number of benzene rings is 1. The zero-order chi connectivity index (χ0) is 20.9. The summed E-state index contributed by atoms with van der Waals surface area (Å²) in [6.07, 6.45) is 7.00. The minimum Gasteiger partial charge on any atom is -0.325 e. The highest BCUT2D eigenvalue weighted by molar-refractivity contribution is 8.13. The molecule has 0 unspecified atom stereocenters. The van der Waals surface area contributed by atoms with Gasteiger partial charge in [0.25, 0.3) is 0 Å². The SMILES string of the molecule is CC(C)CCC1(C(=O)Nc2ccc(F)cc2SC(=O)C(C)(C)C)CCCCC1. The second-order valence-corrected chi connectivity index (χ2v) is 10.5. The van der Waals surface area contributed by atoms with Gasteiger partial charge in [0.05, 0.1) is 5.69 Å². The van der Waals surface area contributed by atoms with Crippen molar-refractivity contribution in [3.8, 4) is 0 Å². The first-order valence-electron chi connectivity index (χ1n) is 10.4. The maximum absolute atomic E-state index is 13.8. The smallest absolute Gasteiger partial charge is 0.230 e. The van der Waals surface area contributed by atoms with E-state index in [1.165, 1.54) is 18.6 Å². The predicted octanol–water partition coefficient (Wildman–Crippen LogP) is 6.82. The molecular formula is C23H34FNO2S. The highest BCUT2D eigenvalue weighted by atomic mass is 32.2. The van der Waals surface area contributed by atoms with Crippen molar-refractivity contribution in [1.82, 2.24) is 0 Å². The zero-order valence-electron chi connectivity index (χ0n) is 17.9. The summed E-state index contributed by atoms with van der Waals surface area (Å²) in [5.74, 6) is 0.159. The van der Waals surface area contributed by atoms with Crippen LogP contribution in [0, 0.1) is 22.6 Å². The molecule has 1 aromatic carbocycles. The van der Waals surface area contributed by atoms with Crippen LogP contribution in [-0.2, 0) is 9.59 Å². The molecule has 156 valence electrons. The van der Waals surface area contributed by atoms with Crippen molar-refractivity contribution in [2.24, 2.45) is 16.7 Å². The van der Waals surface area contributed by atoms with Crippen molar-refractivity contribution >= 4 is 28.5 Å². The third-order valence-electron chi connectivity index (χ3n) is 5.50. The molecule has 1 aliphatic rings. The van der Waals surface area contributed by atoms with Crippen LogP contribution in [0.15, 0.2) is 23.1 Å². The van der Waals surface area contributed by atoms with Gasteiger partial charge in [-0.1, -0.05) is 53.9 Å². The highest BCUT2D eigenvalue weighted by Gasteiger charge is 2.39. The van der Waals surface area contributed by atoms with Crippen molar-refractivity contribution in [2.75, 3.05) is 5.32 Å². The average Bonchev–Trinajstić information content (AvgIpc) is 2.62. The standard InChI is InChI=1S/C23H34FNO2S/c1-16(2)11-14-23(12-7-6-8-13-23)20(26)25-18-10-9-17(24)15-19(18)28-21(27)22(3,4)5/h9-10,15-16H,6-8,11-14H2,1-5H3,(H,25,26). The van der Waals surface area contributed by atoms with Gasteiger partial charge in [0.2, 0.25) is 5.91 Å². The van der Waals surface area contributed by atoms with E-state index < -0.39 is 11.2 Å². The van der Waals surface area contributed by atoms with Crippen molar-refractivity contribution in [3.05, 3.63) is 24.0 Å². The quantitative estimate of drug-likeness (QED) is 0.527. The minimum absolute atomic E-state index is 0.0181. The Morgan fingerprint density at radius 1 is 1.18 bits per heavy atom. The van der Waals surface area contributed by atoms with Gasteiger partial charge in [-0.05, 0) is 61.6 Å². The van der Waals surface area contributed by atoms with Crippen molar-refractivity contribution < 1.29 is 14.0 Å². The third-order valence-corrected chi connectivity index (χ3v) is 6.85. The second kappa shape index (κ2) is 9.43. The van der Waals surface area contributed by atoms with Gasteiger partial charge in [0.1, 0.15) is 5.82 Å². The lowest BCUT2D eigenvalue weighted by molar-refractivity contribution is -0.128. The molecule has 1 aliphatic carbocycles. The van der Waals surface area contributed by atoms with Gasteiger partial charge in [0.15, 0.2) is 5.12 Å². The van der Waals surface area contributed by atoms with E-state index in [2.05, 4.69) is 19.2 Å². The second-order valence-electron chi connectivity index (χ2n) is 9.51. The van der Waals surface area contributed by atoms with E-state index in [0.29, 0.717) is 16.5 Å². The van der Waals surface area contributed by atoms with Gasteiger partial charge >= 0.3 is 0 Å². The molecule has 0 bridgehead atoms. The lowest BCUT2D eigenvalue weighted by Gasteiger charge is -2.36. The topological polar surface area (TPSA) is 46.2 Å². The Kier molecular flexibility index (Phi) is 7.72. The van der Waals surface area contributed by atoms with Crippen LogP contribution >= 0.6 is 11.8 Å². The maximum Gasteiger partial charge on any atom is 0.230 e. The Hall–Kier alpha value is -1.36. The van der Waals surface area contributed by atoms with Crippen LogP contribution in [0.3, 0.4) is 0 Å². The Balaban J connectivity index is 2.24. The van der Waals surface area contributed by atoms with Crippen LogP contribution in [0.2, 0.25) is 0 Å². The zero-order valence-corrected chi connectivity index (χ0v) is 18.7. The molecule has 1 saturated carbocycles. The monoisotopic (exact) mass is 407 g/mol. The number of thioether (sulfide) groups is 1. The third kappa shape index (κ3) is 6.07. The van der Waals surface area contributed by atoms with Crippen LogP contribution in [0.25, 0.3) is 0 Å². The van der Waals surface area contributed by atoms with Crippen LogP contribution in [-0.4, -0.2) is 11.0 Å². The fourth-order valence-electron chi connectivity index (χ4n) is 3.58. The van der Waals surface area contributed by atoms with Gasteiger partial charge in [-0.3, -0.25) is 9.59 Å². The average molecular weight is 408 g/mol. The minimum atomic E-state index is -0.542. The highest BCUT2D eigenvalue weighted by Crippen LogP contribution is 2.43. The molecule has 0 heterocycles. The molecular weight excluding hydrogens is 373 g/mol. The van der Waals surface area contributed by atoms with Gasteiger partial charge in [0, 0.05) is 15.7 Å². The fourth-order valence-corrected chi connectivity index (χ4v) is 4.48. The summed E-state index contributed by atoms with van der Waals surface area (Å²) >= 11 is 1.00. The summed E-state index contributed by atoms with van der Waals surface area (Å²) in [6, 6.07) is 4.25. The van der Waals surface area contributed by atoms with Gasteiger partial charge < -0.3 is 5.32 Å². The number of rotatable bonds is 6. The molecule has 0 radical (unpaired) electrons. The van der Waals surface area contributed by atoms with Crippen LogP contribution in [0.5, 0.6) is 0 Å². The summed E-state index contributed by atoms with van der Waals surface area (Å²) in [4.78, 5) is 26.3. The number of anilines is 1. The summed E-state index contributed by atoms with van der Waals surface area (Å²) in [6.45, 7) is 9.87. The lowest BCUT2D eigenvalue weighted by atomic mass is 9.69. The Labute approximate surface area is 173 Å². The molecule has 0 spiro atoms. The predicted molar refractivity (Wildman–Crippen MR) is 115 cm³/mol. The van der Waals surface area contributed by atoms with E-state index in [4.69, 9.17) is 0 Å². The molecule has 1 amide bonds. The largest absolute Gasteiger partial charge is 0.325 e. The van der Waals surface area contributed by atoms with Gasteiger partial charge in [-0.25, -0.2) is 4.39 Å². The Morgan fingerprint density at radius 3 is 2.39 bits per heavy atom. The fraction of sp³-hybridized carbons (Fsp3) is 0.652. The van der Waals surface area contributed by atoms with Gasteiger partial charge in [-0.2, -0.15) is 0 Å². The van der Waals surface area contributed by atoms with Gasteiger partial charge in [-0.15, -0.1) is 0 Å².